The Kier molecular flexibility index (Phi) is 5.72. The van der Waals surface area contributed by atoms with Gasteiger partial charge in [-0.3, -0.25) is 9.88 Å². The monoisotopic (exact) mass is 282 g/mol. The van der Waals surface area contributed by atoms with Crippen LogP contribution in [0.3, 0.4) is 0 Å². The van der Waals surface area contributed by atoms with Crippen molar-refractivity contribution in [2.45, 2.75) is 45.2 Å². The Labute approximate surface area is 127 Å². The Morgan fingerprint density at radius 1 is 1.38 bits per heavy atom. The van der Waals surface area contributed by atoms with Crippen molar-refractivity contribution in [3.8, 4) is 12.1 Å². The lowest BCUT2D eigenvalue weighted by atomic mass is 9.79. The maximum absolute atomic E-state index is 9.43. The molecule has 1 aromatic heterocycles. The first kappa shape index (κ1) is 15.5. The number of aromatic nitrogens is 1. The van der Waals surface area contributed by atoms with Gasteiger partial charge in [-0.25, -0.2) is 0 Å². The molecule has 0 aliphatic heterocycles. The molecule has 1 aliphatic rings. The number of pyridine rings is 1. The van der Waals surface area contributed by atoms with Crippen LogP contribution >= 0.6 is 0 Å². The van der Waals surface area contributed by atoms with Crippen molar-refractivity contribution in [2.24, 2.45) is 11.8 Å². The first-order valence-corrected chi connectivity index (χ1v) is 7.64. The smallest absolute Gasteiger partial charge is 0.0672 e. The second kappa shape index (κ2) is 7.76. The molecule has 0 radical (unpaired) electrons. The van der Waals surface area contributed by atoms with Crippen LogP contribution in [0.15, 0.2) is 24.5 Å². The molecule has 110 valence electrons. The van der Waals surface area contributed by atoms with Gasteiger partial charge in [-0.1, -0.05) is 13.0 Å². The average molecular weight is 282 g/mol. The van der Waals surface area contributed by atoms with Gasteiger partial charge in [0.05, 0.1) is 18.1 Å². The van der Waals surface area contributed by atoms with E-state index in [4.69, 9.17) is 5.26 Å². The molecular weight excluding hydrogens is 260 g/mol. The van der Waals surface area contributed by atoms with Gasteiger partial charge in [0.1, 0.15) is 0 Å². The second-order valence-corrected chi connectivity index (χ2v) is 5.96. The highest BCUT2D eigenvalue weighted by molar-refractivity contribution is 5.09. The summed E-state index contributed by atoms with van der Waals surface area (Å²) in [6.07, 6.45) is 7.29. The minimum Gasteiger partial charge on any atom is -0.294 e. The summed E-state index contributed by atoms with van der Waals surface area (Å²) in [5.74, 6) is 0.731. The zero-order chi connectivity index (χ0) is 15.1. The quantitative estimate of drug-likeness (QED) is 0.832. The van der Waals surface area contributed by atoms with Crippen molar-refractivity contribution >= 4 is 0 Å². The molecule has 3 unspecified atom stereocenters. The molecule has 4 nitrogen and oxygen atoms in total. The maximum Gasteiger partial charge on any atom is 0.0672 e. The first-order valence-electron chi connectivity index (χ1n) is 7.64. The lowest BCUT2D eigenvalue weighted by Crippen LogP contribution is -2.43. The largest absolute Gasteiger partial charge is 0.294 e. The van der Waals surface area contributed by atoms with E-state index in [0.717, 1.165) is 37.9 Å². The van der Waals surface area contributed by atoms with E-state index in [9.17, 15) is 5.26 Å². The van der Waals surface area contributed by atoms with E-state index in [2.05, 4.69) is 35.0 Å². The molecule has 0 aromatic carbocycles. The average Bonchev–Trinajstić information content (AvgIpc) is 2.52. The van der Waals surface area contributed by atoms with Crippen molar-refractivity contribution in [3.63, 3.8) is 0 Å². The zero-order valence-corrected chi connectivity index (χ0v) is 12.6. The third kappa shape index (κ3) is 4.28. The summed E-state index contributed by atoms with van der Waals surface area (Å²) in [6.45, 7) is 3.75. The normalized spacial score (nSPS) is 25.2. The standard InChI is InChI=1S/C17H22N4/c1-14-5-6-16(11-19)17(10-14)21(9-3-7-18)13-15-4-2-8-20-12-15/h2,4,8,12,14,16-17H,3,5-6,9-10,13H2,1H3. The van der Waals surface area contributed by atoms with E-state index in [1.54, 1.807) is 6.20 Å². The first-order chi connectivity index (χ1) is 10.2. The van der Waals surface area contributed by atoms with E-state index in [1.807, 2.05) is 12.3 Å². The third-order valence-corrected chi connectivity index (χ3v) is 4.33. The summed E-state index contributed by atoms with van der Waals surface area (Å²) < 4.78 is 0. The number of rotatable bonds is 5. The Balaban J connectivity index is 2.13. The molecule has 4 heteroatoms. The molecule has 0 spiro atoms. The van der Waals surface area contributed by atoms with Gasteiger partial charge >= 0.3 is 0 Å². The van der Waals surface area contributed by atoms with Crippen LogP contribution in [0, 0.1) is 34.5 Å². The lowest BCUT2D eigenvalue weighted by Gasteiger charge is -2.39. The van der Waals surface area contributed by atoms with Gasteiger partial charge < -0.3 is 0 Å². The van der Waals surface area contributed by atoms with E-state index < -0.39 is 0 Å². The Hall–Kier alpha value is -1.91. The highest BCUT2D eigenvalue weighted by Crippen LogP contribution is 2.32. The van der Waals surface area contributed by atoms with E-state index in [0.29, 0.717) is 12.3 Å². The summed E-state index contributed by atoms with van der Waals surface area (Å²) in [5, 5.41) is 18.3. The van der Waals surface area contributed by atoms with Gasteiger partial charge in [-0.05, 0) is 36.8 Å². The van der Waals surface area contributed by atoms with Crippen molar-refractivity contribution < 1.29 is 0 Å². The number of hydrogen-bond donors (Lipinski definition) is 0. The van der Waals surface area contributed by atoms with Crippen LogP contribution in [-0.4, -0.2) is 22.5 Å². The van der Waals surface area contributed by atoms with Gasteiger partial charge in [0.15, 0.2) is 0 Å². The second-order valence-electron chi connectivity index (χ2n) is 5.96. The lowest BCUT2D eigenvalue weighted by molar-refractivity contribution is 0.100. The predicted molar refractivity (Wildman–Crippen MR) is 80.8 cm³/mol. The van der Waals surface area contributed by atoms with Crippen LogP contribution in [0.1, 0.15) is 38.2 Å². The van der Waals surface area contributed by atoms with E-state index >= 15 is 0 Å². The Morgan fingerprint density at radius 3 is 2.90 bits per heavy atom. The van der Waals surface area contributed by atoms with Crippen molar-refractivity contribution in [1.82, 2.24) is 9.88 Å². The van der Waals surface area contributed by atoms with Gasteiger partial charge in [0, 0.05) is 37.9 Å². The molecule has 1 heterocycles. The zero-order valence-electron chi connectivity index (χ0n) is 12.6. The Bertz CT molecular complexity index is 514. The van der Waals surface area contributed by atoms with E-state index in [-0.39, 0.29) is 12.0 Å². The molecule has 21 heavy (non-hydrogen) atoms. The molecule has 1 saturated carbocycles. The van der Waals surface area contributed by atoms with Crippen LogP contribution in [0.4, 0.5) is 0 Å². The van der Waals surface area contributed by atoms with Crippen LogP contribution < -0.4 is 0 Å². The van der Waals surface area contributed by atoms with Crippen LogP contribution in [0.5, 0.6) is 0 Å². The number of nitriles is 2. The topological polar surface area (TPSA) is 63.7 Å². The minimum absolute atomic E-state index is 0.0802. The minimum atomic E-state index is 0.0802. The van der Waals surface area contributed by atoms with E-state index in [1.165, 1.54) is 0 Å². The molecule has 0 N–H and O–H groups in total. The van der Waals surface area contributed by atoms with Crippen LogP contribution in [-0.2, 0) is 6.54 Å². The third-order valence-electron chi connectivity index (χ3n) is 4.33. The van der Waals surface area contributed by atoms with Crippen molar-refractivity contribution in [2.75, 3.05) is 6.54 Å². The molecule has 0 amide bonds. The predicted octanol–water partition coefficient (Wildman–Crippen LogP) is 3.13. The highest BCUT2D eigenvalue weighted by atomic mass is 15.2. The molecule has 2 rings (SSSR count). The van der Waals surface area contributed by atoms with Crippen molar-refractivity contribution in [3.05, 3.63) is 30.1 Å². The van der Waals surface area contributed by atoms with Crippen molar-refractivity contribution in [1.29, 1.82) is 10.5 Å². The summed E-state index contributed by atoms with van der Waals surface area (Å²) >= 11 is 0. The number of hydrogen-bond acceptors (Lipinski definition) is 4. The Morgan fingerprint density at radius 2 is 2.24 bits per heavy atom. The SMILES string of the molecule is CC1CCC(C#N)C(N(CCC#N)Cc2cccnc2)C1. The molecule has 1 fully saturated rings. The highest BCUT2D eigenvalue weighted by Gasteiger charge is 2.32. The fourth-order valence-corrected chi connectivity index (χ4v) is 3.19. The fourth-order valence-electron chi connectivity index (χ4n) is 3.19. The molecule has 1 aromatic rings. The van der Waals surface area contributed by atoms with Crippen LogP contribution in [0.2, 0.25) is 0 Å². The van der Waals surface area contributed by atoms with Crippen LogP contribution in [0.25, 0.3) is 0 Å². The fraction of sp³-hybridized carbons (Fsp3) is 0.588. The van der Waals surface area contributed by atoms with Gasteiger partial charge in [0.2, 0.25) is 0 Å². The molecule has 0 saturated heterocycles. The maximum atomic E-state index is 9.43. The van der Waals surface area contributed by atoms with Gasteiger partial charge in [-0.2, -0.15) is 10.5 Å². The van der Waals surface area contributed by atoms with Gasteiger partial charge in [-0.15, -0.1) is 0 Å². The van der Waals surface area contributed by atoms with Gasteiger partial charge in [0.25, 0.3) is 0 Å². The molecular formula is C17H22N4. The summed E-state index contributed by atoms with van der Waals surface area (Å²) in [5.41, 5.74) is 1.14. The molecule has 1 aliphatic carbocycles. The molecule has 0 bridgehead atoms. The summed E-state index contributed by atoms with van der Waals surface area (Å²) in [7, 11) is 0. The number of nitrogens with zero attached hydrogens (tertiary/aromatic N) is 4. The summed E-state index contributed by atoms with van der Waals surface area (Å²) in [4.78, 5) is 6.47. The molecule has 3 atom stereocenters. The summed E-state index contributed by atoms with van der Waals surface area (Å²) in [6, 6.07) is 8.95.